The molecule has 1 N–H and O–H groups in total. The highest BCUT2D eigenvalue weighted by atomic mass is 35.5. The van der Waals surface area contributed by atoms with E-state index in [1.807, 2.05) is 18.2 Å². The Balaban J connectivity index is 2.53. The molecule has 1 saturated carbocycles. The molecule has 2 rings (SSSR count). The summed E-state index contributed by atoms with van der Waals surface area (Å²) in [5.74, 6) is 0.698. The summed E-state index contributed by atoms with van der Waals surface area (Å²) in [6.07, 6.45) is 0.965. The Kier molecular flexibility index (Phi) is 2.67. The maximum Gasteiger partial charge on any atom is 0.141 e. The quantitative estimate of drug-likeness (QED) is 0.880. The van der Waals surface area contributed by atoms with Gasteiger partial charge in [-0.05, 0) is 17.9 Å². The van der Waals surface area contributed by atoms with Gasteiger partial charge in [0.25, 0.3) is 0 Å². The maximum atomic E-state index is 9.66. The SMILES string of the molecule is COc1c(Cl)cccc1C1(CO)CC1(C)C. The predicted molar refractivity (Wildman–Crippen MR) is 65.2 cm³/mol. The van der Waals surface area contributed by atoms with Crippen molar-refractivity contribution in [2.75, 3.05) is 13.7 Å². The van der Waals surface area contributed by atoms with Crippen molar-refractivity contribution in [3.05, 3.63) is 28.8 Å². The minimum atomic E-state index is -0.191. The van der Waals surface area contributed by atoms with Crippen LogP contribution in [0.5, 0.6) is 5.75 Å². The van der Waals surface area contributed by atoms with Gasteiger partial charge in [-0.15, -0.1) is 0 Å². The van der Waals surface area contributed by atoms with Gasteiger partial charge in [-0.1, -0.05) is 37.6 Å². The second-order valence-electron chi connectivity index (χ2n) is 5.12. The van der Waals surface area contributed by atoms with Crippen LogP contribution >= 0.6 is 11.6 Å². The first-order valence-electron chi connectivity index (χ1n) is 5.42. The van der Waals surface area contributed by atoms with Crippen molar-refractivity contribution in [2.24, 2.45) is 5.41 Å². The number of aliphatic hydroxyl groups is 1. The molecule has 0 aromatic heterocycles. The van der Waals surface area contributed by atoms with Crippen molar-refractivity contribution < 1.29 is 9.84 Å². The summed E-state index contributed by atoms with van der Waals surface area (Å²) in [6, 6.07) is 5.71. The Labute approximate surface area is 101 Å². The van der Waals surface area contributed by atoms with E-state index in [9.17, 15) is 5.11 Å². The third-order valence-corrected chi connectivity index (χ3v) is 4.17. The summed E-state index contributed by atoms with van der Waals surface area (Å²) in [5, 5.41) is 10.3. The molecular formula is C13H17ClO2. The second-order valence-corrected chi connectivity index (χ2v) is 5.53. The van der Waals surface area contributed by atoms with E-state index in [1.165, 1.54) is 0 Å². The molecule has 3 heteroatoms. The molecule has 1 aliphatic carbocycles. The molecule has 0 amide bonds. The van der Waals surface area contributed by atoms with Gasteiger partial charge in [0.15, 0.2) is 0 Å². The van der Waals surface area contributed by atoms with E-state index in [4.69, 9.17) is 16.3 Å². The van der Waals surface area contributed by atoms with Crippen molar-refractivity contribution in [1.29, 1.82) is 0 Å². The van der Waals surface area contributed by atoms with Crippen LogP contribution in [0.2, 0.25) is 5.02 Å². The van der Waals surface area contributed by atoms with Gasteiger partial charge in [-0.2, -0.15) is 0 Å². The Hall–Kier alpha value is -0.730. The Morgan fingerprint density at radius 3 is 2.50 bits per heavy atom. The summed E-state index contributed by atoms with van der Waals surface area (Å²) >= 11 is 6.11. The maximum absolute atomic E-state index is 9.66. The highest BCUT2D eigenvalue weighted by molar-refractivity contribution is 6.32. The van der Waals surface area contributed by atoms with Crippen molar-refractivity contribution in [2.45, 2.75) is 25.7 Å². The predicted octanol–water partition coefficient (Wildman–Crippen LogP) is 3.01. The fourth-order valence-electron chi connectivity index (χ4n) is 2.62. The summed E-state index contributed by atoms with van der Waals surface area (Å²) in [6.45, 7) is 4.45. The first kappa shape index (κ1) is 11.7. The van der Waals surface area contributed by atoms with Gasteiger partial charge in [0.1, 0.15) is 5.75 Å². The second kappa shape index (κ2) is 3.64. The topological polar surface area (TPSA) is 29.5 Å². The Bertz CT molecular complexity index is 414. The van der Waals surface area contributed by atoms with E-state index >= 15 is 0 Å². The first-order valence-corrected chi connectivity index (χ1v) is 5.80. The molecule has 1 aliphatic rings. The number of hydrogen-bond donors (Lipinski definition) is 1. The van der Waals surface area contributed by atoms with Crippen LogP contribution in [0.1, 0.15) is 25.8 Å². The molecule has 1 atom stereocenters. The average Bonchev–Trinajstić information content (AvgIpc) is 2.82. The van der Waals surface area contributed by atoms with Gasteiger partial charge >= 0.3 is 0 Å². The van der Waals surface area contributed by atoms with E-state index in [0.717, 1.165) is 12.0 Å². The van der Waals surface area contributed by atoms with Gasteiger partial charge in [0, 0.05) is 11.0 Å². The van der Waals surface area contributed by atoms with Crippen LogP contribution in [-0.2, 0) is 5.41 Å². The van der Waals surface area contributed by atoms with Crippen molar-refractivity contribution in [3.63, 3.8) is 0 Å². The lowest BCUT2D eigenvalue weighted by molar-refractivity contribution is 0.228. The van der Waals surface area contributed by atoms with Crippen LogP contribution in [0, 0.1) is 5.41 Å². The number of methoxy groups -OCH3 is 1. The van der Waals surface area contributed by atoms with Gasteiger partial charge in [-0.3, -0.25) is 0 Å². The number of rotatable bonds is 3. The molecule has 88 valence electrons. The number of aliphatic hydroxyl groups excluding tert-OH is 1. The number of halogens is 1. The van der Waals surface area contributed by atoms with Crippen LogP contribution in [0.3, 0.4) is 0 Å². The molecule has 0 radical (unpaired) electrons. The molecule has 0 spiro atoms. The standard InChI is InChI=1S/C13H17ClO2/c1-12(2)7-13(12,8-15)9-5-4-6-10(14)11(9)16-3/h4-6,15H,7-8H2,1-3H3. The molecule has 0 aliphatic heterocycles. The zero-order valence-electron chi connectivity index (χ0n) is 9.88. The highest BCUT2D eigenvalue weighted by Crippen LogP contribution is 2.65. The fourth-order valence-corrected chi connectivity index (χ4v) is 2.87. The van der Waals surface area contributed by atoms with Gasteiger partial charge in [0.05, 0.1) is 18.7 Å². The molecular weight excluding hydrogens is 224 g/mol. The number of ether oxygens (including phenoxy) is 1. The molecule has 16 heavy (non-hydrogen) atoms. The van der Waals surface area contributed by atoms with Crippen LogP contribution < -0.4 is 4.74 Å². The van der Waals surface area contributed by atoms with Crippen molar-refractivity contribution >= 4 is 11.6 Å². The van der Waals surface area contributed by atoms with Gasteiger partial charge < -0.3 is 9.84 Å². The van der Waals surface area contributed by atoms with Crippen LogP contribution in [0.25, 0.3) is 0 Å². The number of para-hydroxylation sites is 1. The highest BCUT2D eigenvalue weighted by Gasteiger charge is 2.62. The van der Waals surface area contributed by atoms with Crippen LogP contribution in [0.4, 0.5) is 0 Å². The fraction of sp³-hybridized carbons (Fsp3) is 0.538. The first-order chi connectivity index (χ1) is 7.48. The molecule has 0 bridgehead atoms. The van der Waals surface area contributed by atoms with E-state index in [2.05, 4.69) is 13.8 Å². The lowest BCUT2D eigenvalue weighted by atomic mass is 9.88. The third-order valence-electron chi connectivity index (χ3n) is 3.87. The molecule has 1 aromatic rings. The van der Waals surface area contributed by atoms with E-state index in [-0.39, 0.29) is 17.4 Å². The molecule has 1 fully saturated rings. The lowest BCUT2D eigenvalue weighted by Gasteiger charge is -2.21. The average molecular weight is 241 g/mol. The smallest absolute Gasteiger partial charge is 0.141 e. The normalized spacial score (nSPS) is 26.6. The Morgan fingerprint density at radius 2 is 2.06 bits per heavy atom. The van der Waals surface area contributed by atoms with Gasteiger partial charge in [0.2, 0.25) is 0 Å². The summed E-state index contributed by atoms with van der Waals surface area (Å²) < 4.78 is 5.35. The number of benzene rings is 1. The summed E-state index contributed by atoms with van der Waals surface area (Å²) in [7, 11) is 1.62. The van der Waals surface area contributed by atoms with Crippen molar-refractivity contribution in [3.8, 4) is 5.75 Å². The van der Waals surface area contributed by atoms with Crippen LogP contribution in [-0.4, -0.2) is 18.8 Å². The van der Waals surface area contributed by atoms with E-state index in [0.29, 0.717) is 10.8 Å². The zero-order chi connectivity index (χ0) is 12.0. The summed E-state index contributed by atoms with van der Waals surface area (Å²) in [5.41, 5.74) is 0.943. The monoisotopic (exact) mass is 240 g/mol. The van der Waals surface area contributed by atoms with E-state index in [1.54, 1.807) is 7.11 Å². The van der Waals surface area contributed by atoms with Crippen LogP contribution in [0.15, 0.2) is 18.2 Å². The minimum Gasteiger partial charge on any atom is -0.495 e. The Morgan fingerprint density at radius 1 is 1.44 bits per heavy atom. The van der Waals surface area contributed by atoms with Crippen molar-refractivity contribution in [1.82, 2.24) is 0 Å². The molecule has 0 saturated heterocycles. The molecule has 0 heterocycles. The molecule has 2 nitrogen and oxygen atoms in total. The zero-order valence-corrected chi connectivity index (χ0v) is 10.6. The van der Waals surface area contributed by atoms with E-state index < -0.39 is 0 Å². The number of hydrogen-bond acceptors (Lipinski definition) is 2. The largest absolute Gasteiger partial charge is 0.495 e. The minimum absolute atomic E-state index is 0.111. The molecule has 1 aromatic carbocycles. The molecule has 1 unspecified atom stereocenters. The summed E-state index contributed by atoms with van der Waals surface area (Å²) in [4.78, 5) is 0. The lowest BCUT2D eigenvalue weighted by Crippen LogP contribution is -2.20. The third kappa shape index (κ3) is 1.44. The van der Waals surface area contributed by atoms with Gasteiger partial charge in [-0.25, -0.2) is 0 Å².